The number of amides is 1. The number of pyridine rings is 1. The molecule has 2 heterocycles. The molecule has 4 N–H and O–H groups in total. The monoisotopic (exact) mass is 405 g/mol. The summed E-state index contributed by atoms with van der Waals surface area (Å²) in [6, 6.07) is 7.94. The van der Waals surface area contributed by atoms with Crippen molar-refractivity contribution >= 4 is 40.8 Å². The van der Waals surface area contributed by atoms with Gasteiger partial charge in [-0.3, -0.25) is 9.59 Å². The van der Waals surface area contributed by atoms with Gasteiger partial charge in [0.25, 0.3) is 11.5 Å². The first-order valence-electron chi connectivity index (χ1n) is 7.69. The molecule has 9 heteroatoms. The van der Waals surface area contributed by atoms with Crippen LogP contribution in [0.15, 0.2) is 41.3 Å². The highest BCUT2D eigenvalue weighted by Gasteiger charge is 2.18. The Labute approximate surface area is 163 Å². The van der Waals surface area contributed by atoms with Gasteiger partial charge in [0.15, 0.2) is 0 Å². The number of halogens is 2. The van der Waals surface area contributed by atoms with E-state index in [1.165, 1.54) is 12.3 Å². The van der Waals surface area contributed by atoms with E-state index in [9.17, 15) is 14.4 Å². The Morgan fingerprint density at radius 3 is 2.30 bits per heavy atom. The van der Waals surface area contributed by atoms with Gasteiger partial charge in [-0.15, -0.1) is 0 Å². The molecule has 3 aromatic rings. The molecule has 3 rings (SSSR count). The number of anilines is 1. The van der Waals surface area contributed by atoms with Crippen LogP contribution in [-0.4, -0.2) is 27.0 Å². The second-order valence-electron chi connectivity index (χ2n) is 5.72. The average Bonchev–Trinajstić information content (AvgIpc) is 2.90. The van der Waals surface area contributed by atoms with Crippen molar-refractivity contribution < 1.29 is 14.7 Å². The van der Waals surface area contributed by atoms with E-state index in [4.69, 9.17) is 28.3 Å². The highest BCUT2D eigenvalue weighted by molar-refractivity contribution is 6.44. The fourth-order valence-corrected chi connectivity index (χ4v) is 2.89. The molecule has 0 saturated heterocycles. The molecule has 2 aromatic heterocycles. The van der Waals surface area contributed by atoms with Crippen molar-refractivity contribution in [2.45, 2.75) is 6.92 Å². The molecule has 0 bridgehead atoms. The first-order chi connectivity index (χ1) is 12.8. The van der Waals surface area contributed by atoms with Crippen LogP contribution < -0.4 is 10.9 Å². The van der Waals surface area contributed by atoms with E-state index in [2.05, 4.69) is 15.3 Å². The van der Waals surface area contributed by atoms with E-state index in [0.29, 0.717) is 27.5 Å². The lowest BCUT2D eigenvalue weighted by molar-refractivity contribution is 0.0694. The normalized spacial score (nSPS) is 10.6. The number of carbonyl (C=O) groups is 2. The maximum absolute atomic E-state index is 12.3. The predicted octanol–water partition coefficient (Wildman–Crippen LogP) is 3.94. The molecule has 1 aromatic carbocycles. The van der Waals surface area contributed by atoms with Crippen LogP contribution in [0.5, 0.6) is 0 Å². The Balaban J connectivity index is 1.82. The lowest BCUT2D eigenvalue weighted by Crippen LogP contribution is -2.16. The van der Waals surface area contributed by atoms with Gasteiger partial charge >= 0.3 is 5.97 Å². The molecular formula is C18H13Cl2N3O4. The van der Waals surface area contributed by atoms with E-state index in [0.717, 1.165) is 0 Å². The molecule has 1 amide bonds. The fourth-order valence-electron chi connectivity index (χ4n) is 2.48. The minimum Gasteiger partial charge on any atom is -0.477 e. The van der Waals surface area contributed by atoms with E-state index in [1.54, 1.807) is 31.2 Å². The zero-order chi connectivity index (χ0) is 19.7. The van der Waals surface area contributed by atoms with Crippen molar-refractivity contribution in [2.75, 3.05) is 5.32 Å². The number of hydrogen-bond donors (Lipinski definition) is 4. The number of rotatable bonds is 4. The van der Waals surface area contributed by atoms with Crippen molar-refractivity contribution in [3.8, 4) is 11.1 Å². The van der Waals surface area contributed by atoms with Gasteiger partial charge in [0.2, 0.25) is 0 Å². The van der Waals surface area contributed by atoms with Crippen molar-refractivity contribution in [1.29, 1.82) is 0 Å². The van der Waals surface area contributed by atoms with Gasteiger partial charge in [0.1, 0.15) is 11.3 Å². The summed E-state index contributed by atoms with van der Waals surface area (Å²) in [6.45, 7) is 1.70. The van der Waals surface area contributed by atoms with Crippen LogP contribution in [0.2, 0.25) is 10.0 Å². The largest absolute Gasteiger partial charge is 0.477 e. The number of hydrogen-bond acceptors (Lipinski definition) is 3. The van der Waals surface area contributed by atoms with Gasteiger partial charge in [-0.1, -0.05) is 35.3 Å². The maximum Gasteiger partial charge on any atom is 0.341 e. The summed E-state index contributed by atoms with van der Waals surface area (Å²) in [7, 11) is 0. The highest BCUT2D eigenvalue weighted by Crippen LogP contribution is 2.29. The summed E-state index contributed by atoms with van der Waals surface area (Å²) in [5, 5.41) is 12.2. The van der Waals surface area contributed by atoms with Gasteiger partial charge < -0.3 is 20.4 Å². The molecule has 0 aliphatic heterocycles. The zero-order valence-corrected chi connectivity index (χ0v) is 15.4. The molecule has 7 nitrogen and oxygen atoms in total. The molecule has 0 unspecified atom stereocenters. The number of aromatic amines is 2. The van der Waals surface area contributed by atoms with Crippen LogP contribution in [0.4, 0.5) is 5.69 Å². The number of H-pyrrole nitrogens is 2. The molecular weight excluding hydrogens is 393 g/mol. The summed E-state index contributed by atoms with van der Waals surface area (Å²) in [5.41, 5.74) is 1.43. The number of aromatic nitrogens is 2. The van der Waals surface area contributed by atoms with Crippen LogP contribution in [0.3, 0.4) is 0 Å². The summed E-state index contributed by atoms with van der Waals surface area (Å²) < 4.78 is 0. The Hall–Kier alpha value is -3.03. The summed E-state index contributed by atoms with van der Waals surface area (Å²) >= 11 is 12.0. The number of benzene rings is 1. The summed E-state index contributed by atoms with van der Waals surface area (Å²) in [4.78, 5) is 40.1. The number of carbonyl (C=O) groups excluding carboxylic acids is 1. The minimum atomic E-state index is -1.31. The van der Waals surface area contributed by atoms with Crippen LogP contribution in [0.25, 0.3) is 11.1 Å². The quantitative estimate of drug-likeness (QED) is 0.525. The zero-order valence-electron chi connectivity index (χ0n) is 13.9. The number of carboxylic acid groups (broad SMARTS) is 1. The van der Waals surface area contributed by atoms with E-state index in [1.807, 2.05) is 0 Å². The molecule has 0 spiro atoms. The SMILES string of the molecule is Cc1[nH]c(C(=O)Nc2ccc(-c3c[nH]c(=O)c(C(=O)O)c3)cc2)c(Cl)c1Cl. The summed E-state index contributed by atoms with van der Waals surface area (Å²) in [5.74, 6) is -1.75. The number of carboxylic acids is 1. The van der Waals surface area contributed by atoms with E-state index >= 15 is 0 Å². The topological polar surface area (TPSA) is 115 Å². The van der Waals surface area contributed by atoms with Crippen LogP contribution >= 0.6 is 23.2 Å². The Morgan fingerprint density at radius 2 is 1.74 bits per heavy atom. The van der Waals surface area contributed by atoms with Gasteiger partial charge in [0, 0.05) is 17.6 Å². The lowest BCUT2D eigenvalue weighted by atomic mass is 10.1. The molecule has 27 heavy (non-hydrogen) atoms. The van der Waals surface area contributed by atoms with Gasteiger partial charge in [0.05, 0.1) is 10.0 Å². The van der Waals surface area contributed by atoms with Crippen molar-refractivity contribution in [3.05, 3.63) is 73.9 Å². The van der Waals surface area contributed by atoms with Gasteiger partial charge in [-0.25, -0.2) is 4.79 Å². The van der Waals surface area contributed by atoms with Crippen LogP contribution in [0, 0.1) is 6.92 Å². The fraction of sp³-hybridized carbons (Fsp3) is 0.0556. The standard InChI is InChI=1S/C18H13Cl2N3O4/c1-8-13(19)14(20)15(22-8)17(25)23-11-4-2-9(3-5-11)10-6-12(18(26)27)16(24)21-7-10/h2-7,22H,1H3,(H,21,24)(H,23,25)(H,26,27). The molecule has 0 atom stereocenters. The third-order valence-electron chi connectivity index (χ3n) is 3.89. The van der Waals surface area contributed by atoms with E-state index < -0.39 is 17.4 Å². The molecule has 0 aliphatic rings. The molecule has 0 radical (unpaired) electrons. The third-order valence-corrected chi connectivity index (χ3v) is 4.84. The lowest BCUT2D eigenvalue weighted by Gasteiger charge is -2.07. The van der Waals surface area contributed by atoms with Crippen molar-refractivity contribution in [1.82, 2.24) is 9.97 Å². The van der Waals surface area contributed by atoms with Crippen molar-refractivity contribution in [2.24, 2.45) is 0 Å². The average molecular weight is 406 g/mol. The van der Waals surface area contributed by atoms with Crippen LogP contribution in [-0.2, 0) is 0 Å². The summed E-state index contributed by atoms with van der Waals surface area (Å²) in [6.07, 6.45) is 1.42. The van der Waals surface area contributed by atoms with Crippen LogP contribution in [0.1, 0.15) is 26.5 Å². The molecule has 0 fully saturated rings. The second-order valence-corrected chi connectivity index (χ2v) is 6.48. The second kappa shape index (κ2) is 7.30. The number of aryl methyl sites for hydroxylation is 1. The van der Waals surface area contributed by atoms with Gasteiger partial charge in [-0.05, 0) is 36.2 Å². The third kappa shape index (κ3) is 3.74. The Bertz CT molecular complexity index is 1100. The molecule has 0 aliphatic carbocycles. The smallest absolute Gasteiger partial charge is 0.341 e. The Kier molecular flexibility index (Phi) is 5.07. The first kappa shape index (κ1) is 18.8. The molecule has 0 saturated carbocycles. The minimum absolute atomic E-state index is 0.151. The first-order valence-corrected chi connectivity index (χ1v) is 8.45. The van der Waals surface area contributed by atoms with Crippen molar-refractivity contribution in [3.63, 3.8) is 0 Å². The molecule has 138 valence electrons. The number of aromatic carboxylic acids is 1. The predicted molar refractivity (Wildman–Crippen MR) is 103 cm³/mol. The van der Waals surface area contributed by atoms with Gasteiger partial charge in [-0.2, -0.15) is 0 Å². The number of nitrogens with one attached hydrogen (secondary N) is 3. The van der Waals surface area contributed by atoms with E-state index in [-0.39, 0.29) is 16.3 Å². The highest BCUT2D eigenvalue weighted by atomic mass is 35.5. The maximum atomic E-state index is 12.3. The Morgan fingerprint density at radius 1 is 1.07 bits per heavy atom.